The van der Waals surface area contributed by atoms with Crippen LogP contribution in [-0.2, 0) is 0 Å². The number of unbranched alkanes of at least 4 members (excludes halogenated alkanes) is 28. The van der Waals surface area contributed by atoms with Crippen LogP contribution in [-0.4, -0.2) is 11.5 Å². The fraction of sp³-hybridized carbons (Fsp3) is 0.854. The van der Waals surface area contributed by atoms with E-state index >= 15 is 0 Å². The van der Waals surface area contributed by atoms with Crippen molar-refractivity contribution in [1.82, 2.24) is 0 Å². The summed E-state index contributed by atoms with van der Waals surface area (Å²) in [6, 6.07) is 7.25. The molecule has 0 saturated carbocycles. The number of aryl methyl sites for hydroxylation is 1. The van der Waals surface area contributed by atoms with Crippen LogP contribution < -0.4 is 0 Å². The van der Waals surface area contributed by atoms with Crippen molar-refractivity contribution in [2.24, 2.45) is 0 Å². The largest absolute Gasteiger partial charge is 0.126 e. The van der Waals surface area contributed by atoms with E-state index in [1.54, 1.807) is 0 Å². The van der Waals surface area contributed by atoms with Gasteiger partial charge in [0.05, 0.1) is 0 Å². The van der Waals surface area contributed by atoms with Crippen LogP contribution in [0.1, 0.15) is 212 Å². The summed E-state index contributed by atoms with van der Waals surface area (Å²) in [7, 11) is 0. The van der Waals surface area contributed by atoms with Crippen molar-refractivity contribution in [2.45, 2.75) is 223 Å². The first kappa shape index (κ1) is 40.9. The van der Waals surface area contributed by atoms with E-state index in [-0.39, 0.29) is 0 Å². The molecule has 0 unspecified atom stereocenters. The lowest BCUT2D eigenvalue weighted by Crippen LogP contribution is -1.87. The Morgan fingerprint density at radius 1 is 0.326 bits per heavy atom. The molecule has 0 N–H and O–H groups in total. The molecule has 0 spiro atoms. The Morgan fingerprint density at radius 2 is 0.558 bits per heavy atom. The van der Waals surface area contributed by atoms with Gasteiger partial charge in [-0.15, -0.1) is 23.5 Å². The number of rotatable bonds is 34. The molecule has 1 rings (SSSR count). The van der Waals surface area contributed by atoms with Crippen LogP contribution in [0.5, 0.6) is 0 Å². The van der Waals surface area contributed by atoms with Crippen LogP contribution in [0.3, 0.4) is 0 Å². The molecule has 43 heavy (non-hydrogen) atoms. The Kier molecular flexibility index (Phi) is 31.7. The Morgan fingerprint density at radius 3 is 0.814 bits per heavy atom. The highest BCUT2D eigenvalue weighted by Gasteiger charge is 2.02. The van der Waals surface area contributed by atoms with Gasteiger partial charge in [-0.3, -0.25) is 0 Å². The molecule has 0 aliphatic carbocycles. The standard InChI is InChI=1S/C41H76S2/c1-4-6-8-10-12-14-16-18-20-22-24-26-28-30-32-34-42-40-36-39(3)37-41(38-40)43-35-33-31-29-27-25-23-21-19-17-15-13-11-9-7-5-2/h36-38H,4-35H2,1-3H3. The lowest BCUT2D eigenvalue weighted by molar-refractivity contribution is 0.535. The molecule has 0 nitrogen and oxygen atoms in total. The average molecular weight is 633 g/mol. The summed E-state index contributed by atoms with van der Waals surface area (Å²) in [6.45, 7) is 6.89. The van der Waals surface area contributed by atoms with E-state index in [1.807, 2.05) is 0 Å². The maximum atomic E-state index is 2.46. The smallest absolute Gasteiger partial charge is 0.00857 e. The molecular weight excluding hydrogens is 557 g/mol. The molecular formula is C41H76S2. The lowest BCUT2D eigenvalue weighted by atomic mass is 10.0. The second-order valence-electron chi connectivity index (χ2n) is 13.6. The maximum absolute atomic E-state index is 2.46. The summed E-state index contributed by atoms with van der Waals surface area (Å²) in [5, 5.41) is 0. The van der Waals surface area contributed by atoms with Crippen molar-refractivity contribution in [3.63, 3.8) is 0 Å². The molecule has 0 aliphatic rings. The summed E-state index contributed by atoms with van der Waals surface area (Å²) in [5.41, 5.74) is 1.43. The predicted octanol–water partition coefficient (Wildman–Crippen LogP) is 15.9. The summed E-state index contributed by atoms with van der Waals surface area (Å²) >= 11 is 4.17. The first-order chi connectivity index (χ1) is 21.3. The van der Waals surface area contributed by atoms with Crippen molar-refractivity contribution in [3.8, 4) is 0 Å². The van der Waals surface area contributed by atoms with E-state index in [0.29, 0.717) is 0 Å². The zero-order chi connectivity index (χ0) is 30.9. The third-order valence-electron chi connectivity index (χ3n) is 9.06. The quantitative estimate of drug-likeness (QED) is 0.0547. The Labute approximate surface area is 280 Å². The lowest BCUT2D eigenvalue weighted by Gasteiger charge is -2.08. The molecule has 0 fully saturated rings. The van der Waals surface area contributed by atoms with Crippen molar-refractivity contribution >= 4 is 23.5 Å². The molecule has 0 saturated heterocycles. The molecule has 2 heteroatoms. The van der Waals surface area contributed by atoms with Gasteiger partial charge in [0.2, 0.25) is 0 Å². The third kappa shape index (κ3) is 29.1. The predicted molar refractivity (Wildman–Crippen MR) is 202 cm³/mol. The molecule has 0 aliphatic heterocycles. The van der Waals surface area contributed by atoms with Crippen LogP contribution in [0.15, 0.2) is 28.0 Å². The van der Waals surface area contributed by atoms with Crippen molar-refractivity contribution in [3.05, 3.63) is 23.8 Å². The highest BCUT2D eigenvalue weighted by molar-refractivity contribution is 8.00. The maximum Gasteiger partial charge on any atom is 0.00857 e. The molecule has 0 radical (unpaired) electrons. The van der Waals surface area contributed by atoms with E-state index in [9.17, 15) is 0 Å². The third-order valence-corrected chi connectivity index (χ3v) is 11.2. The highest BCUT2D eigenvalue weighted by atomic mass is 32.2. The Balaban J connectivity index is 1.91. The van der Waals surface area contributed by atoms with Crippen molar-refractivity contribution in [1.29, 1.82) is 0 Å². The van der Waals surface area contributed by atoms with Gasteiger partial charge in [0, 0.05) is 9.79 Å². The van der Waals surface area contributed by atoms with Gasteiger partial charge in [-0.1, -0.05) is 194 Å². The Bertz CT molecular complexity index is 630. The minimum Gasteiger partial charge on any atom is -0.126 e. The topological polar surface area (TPSA) is 0 Å². The van der Waals surface area contributed by atoms with Crippen LogP contribution in [0.4, 0.5) is 0 Å². The van der Waals surface area contributed by atoms with E-state index in [1.165, 1.54) is 219 Å². The van der Waals surface area contributed by atoms with Gasteiger partial charge >= 0.3 is 0 Å². The monoisotopic (exact) mass is 633 g/mol. The fourth-order valence-electron chi connectivity index (χ4n) is 6.21. The number of hydrogen-bond acceptors (Lipinski definition) is 2. The van der Waals surface area contributed by atoms with E-state index < -0.39 is 0 Å². The molecule has 0 bridgehead atoms. The molecule has 1 aromatic rings. The molecule has 0 aromatic heterocycles. The van der Waals surface area contributed by atoms with Gasteiger partial charge in [0.15, 0.2) is 0 Å². The van der Waals surface area contributed by atoms with Crippen molar-refractivity contribution < 1.29 is 0 Å². The van der Waals surface area contributed by atoms with E-state index in [0.717, 1.165) is 0 Å². The second kappa shape index (κ2) is 33.3. The molecule has 0 amide bonds. The van der Waals surface area contributed by atoms with Crippen molar-refractivity contribution in [2.75, 3.05) is 11.5 Å². The molecule has 0 atom stereocenters. The molecule has 252 valence electrons. The fourth-order valence-corrected chi connectivity index (χ4v) is 8.41. The summed E-state index contributed by atoms with van der Waals surface area (Å²) in [4.78, 5) is 2.98. The normalized spacial score (nSPS) is 11.5. The summed E-state index contributed by atoms with van der Waals surface area (Å²) in [6.07, 6.45) is 43.4. The second-order valence-corrected chi connectivity index (χ2v) is 15.9. The van der Waals surface area contributed by atoms with Gasteiger partial charge in [-0.25, -0.2) is 0 Å². The number of hydrogen-bond donors (Lipinski definition) is 0. The van der Waals surface area contributed by atoms with Crippen LogP contribution in [0.25, 0.3) is 0 Å². The van der Waals surface area contributed by atoms with Crippen LogP contribution >= 0.6 is 23.5 Å². The van der Waals surface area contributed by atoms with Gasteiger partial charge in [-0.2, -0.15) is 0 Å². The van der Waals surface area contributed by atoms with Crippen LogP contribution in [0, 0.1) is 6.92 Å². The van der Waals surface area contributed by atoms with E-state index in [4.69, 9.17) is 0 Å². The van der Waals surface area contributed by atoms with Gasteiger partial charge < -0.3 is 0 Å². The van der Waals surface area contributed by atoms with E-state index in [2.05, 4.69) is 62.5 Å². The average Bonchev–Trinajstić information content (AvgIpc) is 3.00. The molecule has 1 aromatic carbocycles. The Hall–Kier alpha value is -0.0800. The minimum atomic E-state index is 1.28. The van der Waals surface area contributed by atoms with Gasteiger partial charge in [-0.05, 0) is 55.0 Å². The number of thioether (sulfide) groups is 2. The SMILES string of the molecule is CCCCCCCCCCCCCCCCCSc1cc(C)cc(SCCCCCCCCCCCCCCCCC)c1. The summed E-state index contributed by atoms with van der Waals surface area (Å²) < 4.78 is 0. The van der Waals surface area contributed by atoms with Gasteiger partial charge in [0.1, 0.15) is 0 Å². The minimum absolute atomic E-state index is 1.28. The summed E-state index contributed by atoms with van der Waals surface area (Å²) in [5.74, 6) is 2.57. The zero-order valence-corrected chi connectivity index (χ0v) is 31.3. The zero-order valence-electron chi connectivity index (χ0n) is 29.7. The van der Waals surface area contributed by atoms with Gasteiger partial charge in [0.25, 0.3) is 0 Å². The number of benzene rings is 1. The first-order valence-electron chi connectivity index (χ1n) is 19.6. The first-order valence-corrected chi connectivity index (χ1v) is 21.6. The molecule has 0 heterocycles. The van der Waals surface area contributed by atoms with Crippen LogP contribution in [0.2, 0.25) is 0 Å². The highest BCUT2D eigenvalue weighted by Crippen LogP contribution is 2.29.